The summed E-state index contributed by atoms with van der Waals surface area (Å²) >= 11 is 1.68. The number of anilines is 1. The topological polar surface area (TPSA) is 58.1 Å². The van der Waals surface area contributed by atoms with Crippen molar-refractivity contribution >= 4 is 33.3 Å². The maximum Gasteiger partial charge on any atom is 0.217 e. The van der Waals surface area contributed by atoms with Crippen LogP contribution in [-0.4, -0.2) is 35.0 Å². The standard InChI is InChI=1S/C15H20N4OS/c1-3-4-11-7-19(8-13(11)18-10(2)20)15-14-12(5-6-21-14)16-9-17-15/h5-6,9,11,13H,3-4,7-8H2,1-2H3,(H,18,20)/t11-,13-/m1/s1. The van der Waals surface area contributed by atoms with Gasteiger partial charge in [-0.1, -0.05) is 13.3 Å². The number of nitrogens with zero attached hydrogens (tertiary/aromatic N) is 3. The number of nitrogens with one attached hydrogen (secondary N) is 1. The van der Waals surface area contributed by atoms with Gasteiger partial charge in [-0.2, -0.15) is 0 Å². The van der Waals surface area contributed by atoms with Crippen LogP contribution in [0.5, 0.6) is 0 Å². The molecule has 1 saturated heterocycles. The molecular formula is C15H20N4OS. The van der Waals surface area contributed by atoms with Crippen LogP contribution in [0, 0.1) is 5.92 Å². The highest BCUT2D eigenvalue weighted by atomic mass is 32.1. The number of thiophene rings is 1. The SMILES string of the molecule is CCC[C@@H]1CN(c2ncnc3ccsc23)C[C@H]1NC(C)=O. The highest BCUT2D eigenvalue weighted by molar-refractivity contribution is 7.17. The van der Waals surface area contributed by atoms with Crippen molar-refractivity contribution in [1.29, 1.82) is 0 Å². The number of hydrogen-bond acceptors (Lipinski definition) is 5. The van der Waals surface area contributed by atoms with E-state index in [0.29, 0.717) is 5.92 Å². The predicted octanol–water partition coefficient (Wildman–Crippen LogP) is 2.43. The second-order valence-corrected chi connectivity index (χ2v) is 6.51. The van der Waals surface area contributed by atoms with Crippen molar-refractivity contribution in [2.75, 3.05) is 18.0 Å². The fraction of sp³-hybridized carbons (Fsp3) is 0.533. The van der Waals surface area contributed by atoms with Gasteiger partial charge in [0.25, 0.3) is 0 Å². The lowest BCUT2D eigenvalue weighted by atomic mass is 9.98. The van der Waals surface area contributed by atoms with Crippen LogP contribution in [-0.2, 0) is 4.79 Å². The summed E-state index contributed by atoms with van der Waals surface area (Å²) in [5.74, 6) is 1.54. The third-order valence-electron chi connectivity index (χ3n) is 4.01. The van der Waals surface area contributed by atoms with E-state index in [1.807, 2.05) is 11.4 Å². The Kier molecular flexibility index (Phi) is 4.05. The van der Waals surface area contributed by atoms with Gasteiger partial charge in [0.2, 0.25) is 5.91 Å². The number of fused-ring (bicyclic) bond motifs is 1. The summed E-state index contributed by atoms with van der Waals surface area (Å²) in [5, 5.41) is 5.15. The monoisotopic (exact) mass is 304 g/mol. The number of hydrogen-bond donors (Lipinski definition) is 1. The van der Waals surface area contributed by atoms with Gasteiger partial charge in [0.15, 0.2) is 0 Å². The molecule has 21 heavy (non-hydrogen) atoms. The molecule has 1 aliphatic rings. The largest absolute Gasteiger partial charge is 0.353 e. The molecule has 2 aromatic heterocycles. The molecule has 0 bridgehead atoms. The van der Waals surface area contributed by atoms with Crippen molar-refractivity contribution in [3.8, 4) is 0 Å². The maximum atomic E-state index is 11.4. The first-order chi connectivity index (χ1) is 10.2. The van der Waals surface area contributed by atoms with Crippen LogP contribution in [0.25, 0.3) is 10.2 Å². The van der Waals surface area contributed by atoms with E-state index in [9.17, 15) is 4.79 Å². The average molecular weight is 304 g/mol. The first-order valence-corrected chi connectivity index (χ1v) is 8.27. The molecule has 5 nitrogen and oxygen atoms in total. The van der Waals surface area contributed by atoms with Crippen LogP contribution in [0.4, 0.5) is 5.82 Å². The first kappa shape index (κ1) is 14.3. The molecule has 0 aliphatic carbocycles. The number of amides is 1. The molecule has 1 amide bonds. The van der Waals surface area contributed by atoms with Crippen LogP contribution in [0.3, 0.4) is 0 Å². The van der Waals surface area contributed by atoms with E-state index in [1.54, 1.807) is 24.6 Å². The van der Waals surface area contributed by atoms with Gasteiger partial charge in [-0.15, -0.1) is 11.3 Å². The van der Waals surface area contributed by atoms with Crippen molar-refractivity contribution < 1.29 is 4.79 Å². The summed E-state index contributed by atoms with van der Waals surface area (Å²) in [5.41, 5.74) is 1.00. The lowest BCUT2D eigenvalue weighted by Crippen LogP contribution is -2.39. The van der Waals surface area contributed by atoms with Gasteiger partial charge in [0.05, 0.1) is 16.3 Å². The second-order valence-electron chi connectivity index (χ2n) is 5.59. The highest BCUT2D eigenvalue weighted by Crippen LogP contribution is 2.32. The third-order valence-corrected chi connectivity index (χ3v) is 4.91. The summed E-state index contributed by atoms with van der Waals surface area (Å²) in [6, 6.07) is 2.24. The Balaban J connectivity index is 1.86. The maximum absolute atomic E-state index is 11.4. The number of rotatable bonds is 4. The molecular weight excluding hydrogens is 284 g/mol. The molecule has 2 aromatic rings. The van der Waals surface area contributed by atoms with E-state index in [0.717, 1.165) is 42.0 Å². The Morgan fingerprint density at radius 3 is 3.10 bits per heavy atom. The van der Waals surface area contributed by atoms with Gasteiger partial charge in [0.1, 0.15) is 12.1 Å². The molecule has 6 heteroatoms. The molecule has 3 heterocycles. The number of carbonyl (C=O) groups is 1. The smallest absolute Gasteiger partial charge is 0.217 e. The Bertz CT molecular complexity index is 641. The quantitative estimate of drug-likeness (QED) is 0.942. The molecule has 0 aromatic carbocycles. The Labute approximate surface area is 128 Å². The van der Waals surface area contributed by atoms with E-state index in [1.165, 1.54) is 0 Å². The summed E-state index contributed by atoms with van der Waals surface area (Å²) in [4.78, 5) is 22.5. The van der Waals surface area contributed by atoms with E-state index < -0.39 is 0 Å². The molecule has 0 radical (unpaired) electrons. The molecule has 1 fully saturated rings. The number of aromatic nitrogens is 2. The molecule has 3 rings (SSSR count). The first-order valence-electron chi connectivity index (χ1n) is 7.39. The third kappa shape index (κ3) is 2.85. The van der Waals surface area contributed by atoms with Gasteiger partial charge in [-0.3, -0.25) is 4.79 Å². The van der Waals surface area contributed by atoms with E-state index >= 15 is 0 Å². The molecule has 0 unspecified atom stereocenters. The Hall–Kier alpha value is -1.69. The molecule has 0 saturated carbocycles. The Morgan fingerprint density at radius 2 is 2.33 bits per heavy atom. The summed E-state index contributed by atoms with van der Waals surface area (Å²) in [6.45, 7) is 5.56. The van der Waals surface area contributed by atoms with Crippen LogP contribution in [0.2, 0.25) is 0 Å². The van der Waals surface area contributed by atoms with Crippen LogP contribution in [0.15, 0.2) is 17.8 Å². The Morgan fingerprint density at radius 1 is 1.48 bits per heavy atom. The molecule has 1 aliphatic heterocycles. The fourth-order valence-corrected chi connectivity index (χ4v) is 3.99. The normalized spacial score (nSPS) is 21.9. The zero-order valence-corrected chi connectivity index (χ0v) is 13.2. The zero-order chi connectivity index (χ0) is 14.8. The summed E-state index contributed by atoms with van der Waals surface area (Å²) < 4.78 is 1.14. The van der Waals surface area contributed by atoms with E-state index in [-0.39, 0.29) is 11.9 Å². The van der Waals surface area contributed by atoms with Crippen LogP contribution < -0.4 is 10.2 Å². The molecule has 0 spiro atoms. The van der Waals surface area contributed by atoms with Crippen molar-refractivity contribution in [3.63, 3.8) is 0 Å². The number of carbonyl (C=O) groups excluding carboxylic acids is 1. The van der Waals surface area contributed by atoms with Gasteiger partial charge in [-0.05, 0) is 23.8 Å². The lowest BCUT2D eigenvalue weighted by Gasteiger charge is -2.18. The summed E-state index contributed by atoms with van der Waals surface area (Å²) in [6.07, 6.45) is 3.89. The minimum Gasteiger partial charge on any atom is -0.353 e. The minimum atomic E-state index is 0.0481. The minimum absolute atomic E-state index is 0.0481. The van der Waals surface area contributed by atoms with Gasteiger partial charge < -0.3 is 10.2 Å². The fourth-order valence-electron chi connectivity index (χ4n) is 3.13. The second kappa shape index (κ2) is 5.97. The average Bonchev–Trinajstić information content (AvgIpc) is 3.05. The predicted molar refractivity (Wildman–Crippen MR) is 85.6 cm³/mol. The van der Waals surface area contributed by atoms with Gasteiger partial charge in [0, 0.05) is 20.0 Å². The molecule has 112 valence electrons. The van der Waals surface area contributed by atoms with Crippen LogP contribution >= 0.6 is 11.3 Å². The van der Waals surface area contributed by atoms with Crippen molar-refractivity contribution in [2.24, 2.45) is 5.92 Å². The highest BCUT2D eigenvalue weighted by Gasteiger charge is 2.34. The molecule has 1 N–H and O–H groups in total. The van der Waals surface area contributed by atoms with Crippen molar-refractivity contribution in [3.05, 3.63) is 17.8 Å². The van der Waals surface area contributed by atoms with Gasteiger partial charge in [-0.25, -0.2) is 9.97 Å². The van der Waals surface area contributed by atoms with Crippen LogP contribution in [0.1, 0.15) is 26.7 Å². The summed E-state index contributed by atoms with van der Waals surface area (Å²) in [7, 11) is 0. The van der Waals surface area contributed by atoms with E-state index in [4.69, 9.17) is 0 Å². The zero-order valence-electron chi connectivity index (χ0n) is 12.4. The van der Waals surface area contributed by atoms with E-state index in [2.05, 4.69) is 27.1 Å². The molecule has 2 atom stereocenters. The van der Waals surface area contributed by atoms with Gasteiger partial charge >= 0.3 is 0 Å². The lowest BCUT2D eigenvalue weighted by molar-refractivity contribution is -0.119. The van der Waals surface area contributed by atoms with Crippen molar-refractivity contribution in [2.45, 2.75) is 32.7 Å². The van der Waals surface area contributed by atoms with Crippen molar-refractivity contribution in [1.82, 2.24) is 15.3 Å².